The maximum absolute atomic E-state index is 11.3. The Kier molecular flexibility index (Phi) is 3.03. The van der Waals surface area contributed by atoms with Gasteiger partial charge in [-0.05, 0) is 49.3 Å². The van der Waals surface area contributed by atoms with Crippen LogP contribution >= 0.6 is 0 Å². The fourth-order valence-corrected chi connectivity index (χ4v) is 3.00. The Bertz CT molecular complexity index is 609. The van der Waals surface area contributed by atoms with Gasteiger partial charge in [-0.15, -0.1) is 0 Å². The number of nitrogens with zero attached hydrogens (tertiary/aromatic N) is 1. The van der Waals surface area contributed by atoms with Crippen molar-refractivity contribution >= 4 is 16.8 Å². The van der Waals surface area contributed by atoms with Gasteiger partial charge in [-0.1, -0.05) is 6.07 Å². The molecule has 0 saturated heterocycles. The number of carbonyl (C=O) groups excluding carboxylic acids is 1. The number of carbonyl (C=O) groups is 1. The minimum Gasteiger partial charge on any atom is -0.366 e. The van der Waals surface area contributed by atoms with E-state index in [-0.39, 0.29) is 5.91 Å². The number of fused-ring (bicyclic) bond motifs is 1. The van der Waals surface area contributed by atoms with Crippen LogP contribution in [0.3, 0.4) is 0 Å². The molecular weight excluding hydrogens is 238 g/mol. The van der Waals surface area contributed by atoms with Crippen molar-refractivity contribution in [3.05, 3.63) is 36.0 Å². The second kappa shape index (κ2) is 4.70. The summed E-state index contributed by atoms with van der Waals surface area (Å²) in [6.45, 7) is 0. The summed E-state index contributed by atoms with van der Waals surface area (Å²) in [7, 11) is 0. The van der Waals surface area contributed by atoms with Crippen LogP contribution in [-0.4, -0.2) is 16.5 Å². The van der Waals surface area contributed by atoms with Gasteiger partial charge in [-0.2, -0.15) is 0 Å². The van der Waals surface area contributed by atoms with Crippen molar-refractivity contribution in [2.24, 2.45) is 11.5 Å². The molecule has 0 spiro atoms. The van der Waals surface area contributed by atoms with Crippen LogP contribution in [-0.2, 0) is 0 Å². The number of benzene rings is 1. The third kappa shape index (κ3) is 2.24. The minimum absolute atomic E-state index is 0.347. The van der Waals surface area contributed by atoms with Gasteiger partial charge < -0.3 is 16.0 Å². The highest BCUT2D eigenvalue weighted by molar-refractivity contribution is 5.97. The quantitative estimate of drug-likeness (QED) is 0.865. The van der Waals surface area contributed by atoms with Crippen LogP contribution in [0.4, 0.5) is 0 Å². The normalized spacial score (nSPS) is 23.6. The molecule has 1 heterocycles. The fourth-order valence-electron chi connectivity index (χ4n) is 3.00. The van der Waals surface area contributed by atoms with E-state index >= 15 is 0 Å². The monoisotopic (exact) mass is 257 g/mol. The summed E-state index contributed by atoms with van der Waals surface area (Å²) in [4.78, 5) is 11.3. The summed E-state index contributed by atoms with van der Waals surface area (Å²) in [5.41, 5.74) is 13.0. The van der Waals surface area contributed by atoms with Gasteiger partial charge in [-0.3, -0.25) is 4.79 Å². The van der Waals surface area contributed by atoms with Crippen molar-refractivity contribution < 1.29 is 4.79 Å². The molecular formula is C15H19N3O. The van der Waals surface area contributed by atoms with Crippen LogP contribution in [0.25, 0.3) is 10.9 Å². The SMILES string of the molecule is NC(=O)c1ccc2ccn(C3CCC(N)CC3)c2c1. The van der Waals surface area contributed by atoms with Gasteiger partial charge in [0.2, 0.25) is 5.91 Å². The van der Waals surface area contributed by atoms with E-state index in [1.165, 1.54) is 0 Å². The lowest BCUT2D eigenvalue weighted by atomic mass is 9.91. The van der Waals surface area contributed by atoms with Gasteiger partial charge >= 0.3 is 0 Å². The third-order valence-electron chi connectivity index (χ3n) is 4.14. The summed E-state index contributed by atoms with van der Waals surface area (Å²) < 4.78 is 2.27. The van der Waals surface area contributed by atoms with Crippen molar-refractivity contribution in [3.8, 4) is 0 Å². The molecule has 1 aliphatic carbocycles. The lowest BCUT2D eigenvalue weighted by molar-refractivity contribution is 0.100. The molecule has 0 unspecified atom stereocenters. The first-order chi connectivity index (χ1) is 9.15. The molecule has 100 valence electrons. The molecule has 3 rings (SSSR count). The lowest BCUT2D eigenvalue weighted by Gasteiger charge is -2.28. The predicted octanol–water partition coefficient (Wildman–Crippen LogP) is 2.18. The number of aromatic nitrogens is 1. The zero-order valence-electron chi connectivity index (χ0n) is 10.9. The van der Waals surface area contributed by atoms with Crippen LogP contribution < -0.4 is 11.5 Å². The number of hydrogen-bond donors (Lipinski definition) is 2. The van der Waals surface area contributed by atoms with Crippen LogP contribution in [0, 0.1) is 0 Å². The second-order valence-electron chi connectivity index (χ2n) is 5.43. The Morgan fingerprint density at radius 1 is 1.16 bits per heavy atom. The molecule has 1 aromatic carbocycles. The van der Waals surface area contributed by atoms with Gasteiger partial charge in [0, 0.05) is 29.4 Å². The summed E-state index contributed by atoms with van der Waals surface area (Å²) >= 11 is 0. The van der Waals surface area contributed by atoms with Crippen molar-refractivity contribution in [1.29, 1.82) is 0 Å². The number of rotatable bonds is 2. The molecule has 1 amide bonds. The molecule has 19 heavy (non-hydrogen) atoms. The van der Waals surface area contributed by atoms with E-state index in [0.717, 1.165) is 36.6 Å². The molecule has 0 radical (unpaired) electrons. The molecule has 0 atom stereocenters. The molecule has 4 heteroatoms. The molecule has 1 fully saturated rings. The molecule has 1 saturated carbocycles. The molecule has 1 aromatic heterocycles. The molecule has 4 N–H and O–H groups in total. The smallest absolute Gasteiger partial charge is 0.248 e. The Hall–Kier alpha value is -1.81. The maximum Gasteiger partial charge on any atom is 0.248 e. The average molecular weight is 257 g/mol. The van der Waals surface area contributed by atoms with Gasteiger partial charge in [0.1, 0.15) is 0 Å². The van der Waals surface area contributed by atoms with E-state index in [2.05, 4.69) is 16.8 Å². The Balaban J connectivity index is 1.99. The van der Waals surface area contributed by atoms with E-state index in [1.54, 1.807) is 6.07 Å². The predicted molar refractivity (Wildman–Crippen MR) is 75.9 cm³/mol. The standard InChI is InChI=1S/C15H19N3O/c16-12-3-5-13(6-4-12)18-8-7-10-1-2-11(15(17)19)9-14(10)18/h1-2,7-9,12-13H,3-6,16H2,(H2,17,19). The van der Waals surface area contributed by atoms with E-state index in [9.17, 15) is 4.79 Å². The lowest BCUT2D eigenvalue weighted by Crippen LogP contribution is -2.27. The topological polar surface area (TPSA) is 74.0 Å². The Labute approximate surface area is 112 Å². The zero-order valence-corrected chi connectivity index (χ0v) is 10.9. The van der Waals surface area contributed by atoms with Crippen LogP contribution in [0.2, 0.25) is 0 Å². The van der Waals surface area contributed by atoms with Crippen molar-refractivity contribution in [2.45, 2.75) is 37.8 Å². The van der Waals surface area contributed by atoms with Gasteiger partial charge in [0.15, 0.2) is 0 Å². The summed E-state index contributed by atoms with van der Waals surface area (Å²) in [6.07, 6.45) is 6.45. The molecule has 0 bridgehead atoms. The van der Waals surface area contributed by atoms with E-state index in [0.29, 0.717) is 17.6 Å². The average Bonchev–Trinajstić information content (AvgIpc) is 2.82. The third-order valence-corrected chi connectivity index (χ3v) is 4.14. The van der Waals surface area contributed by atoms with Crippen molar-refractivity contribution in [1.82, 2.24) is 4.57 Å². The van der Waals surface area contributed by atoms with Crippen LogP contribution in [0.1, 0.15) is 42.1 Å². The minimum atomic E-state index is -0.375. The summed E-state index contributed by atoms with van der Waals surface area (Å²) in [5.74, 6) is -0.375. The molecule has 2 aromatic rings. The molecule has 0 aliphatic heterocycles. The van der Waals surface area contributed by atoms with Crippen molar-refractivity contribution in [3.63, 3.8) is 0 Å². The fraction of sp³-hybridized carbons (Fsp3) is 0.400. The van der Waals surface area contributed by atoms with Crippen molar-refractivity contribution in [2.75, 3.05) is 0 Å². The highest BCUT2D eigenvalue weighted by Crippen LogP contribution is 2.31. The number of primary amides is 1. The Morgan fingerprint density at radius 2 is 1.89 bits per heavy atom. The first-order valence-electron chi connectivity index (χ1n) is 6.81. The van der Waals surface area contributed by atoms with Crippen LogP contribution in [0.15, 0.2) is 30.5 Å². The van der Waals surface area contributed by atoms with Gasteiger partial charge in [-0.25, -0.2) is 0 Å². The van der Waals surface area contributed by atoms with Gasteiger partial charge in [0.25, 0.3) is 0 Å². The molecule has 4 nitrogen and oxygen atoms in total. The Morgan fingerprint density at radius 3 is 2.58 bits per heavy atom. The van der Waals surface area contributed by atoms with E-state index in [4.69, 9.17) is 11.5 Å². The van der Waals surface area contributed by atoms with Crippen LogP contribution in [0.5, 0.6) is 0 Å². The summed E-state index contributed by atoms with van der Waals surface area (Å²) in [5, 5.41) is 1.15. The molecule has 1 aliphatic rings. The van der Waals surface area contributed by atoms with Gasteiger partial charge in [0.05, 0.1) is 0 Å². The first-order valence-corrected chi connectivity index (χ1v) is 6.81. The largest absolute Gasteiger partial charge is 0.366 e. The number of hydrogen-bond acceptors (Lipinski definition) is 2. The zero-order chi connectivity index (χ0) is 13.4. The highest BCUT2D eigenvalue weighted by Gasteiger charge is 2.20. The highest BCUT2D eigenvalue weighted by atomic mass is 16.1. The maximum atomic E-state index is 11.3. The van der Waals surface area contributed by atoms with E-state index < -0.39 is 0 Å². The number of amides is 1. The first kappa shape index (κ1) is 12.2. The number of nitrogens with two attached hydrogens (primary N) is 2. The second-order valence-corrected chi connectivity index (χ2v) is 5.43. The summed E-state index contributed by atoms with van der Waals surface area (Å²) in [6, 6.07) is 8.56. The van der Waals surface area contributed by atoms with E-state index in [1.807, 2.05) is 12.1 Å².